The molecule has 0 fully saturated rings. The molecule has 5 nitrogen and oxygen atoms in total. The summed E-state index contributed by atoms with van der Waals surface area (Å²) in [4.78, 5) is 3.88. The van der Waals surface area contributed by atoms with Gasteiger partial charge in [-0.2, -0.15) is 10.5 Å². The third-order valence-electron chi connectivity index (χ3n) is 2.47. The standard InChI is InChI=1S/C14H10N4O/c15-7-10-1-2-14(13(17)6-10)19-9-11-3-4-18-12(5-11)8-16/h1-6H,9,17H2. The van der Waals surface area contributed by atoms with E-state index in [0.717, 1.165) is 5.56 Å². The van der Waals surface area contributed by atoms with Crippen LogP contribution in [0.2, 0.25) is 0 Å². The van der Waals surface area contributed by atoms with Crippen molar-refractivity contribution in [2.45, 2.75) is 6.61 Å². The number of nitriles is 2. The highest BCUT2D eigenvalue weighted by Gasteiger charge is 2.03. The predicted molar refractivity (Wildman–Crippen MR) is 68.9 cm³/mol. The number of benzene rings is 1. The van der Waals surface area contributed by atoms with E-state index >= 15 is 0 Å². The first-order chi connectivity index (χ1) is 9.22. The summed E-state index contributed by atoms with van der Waals surface area (Å²) in [7, 11) is 0. The summed E-state index contributed by atoms with van der Waals surface area (Å²) in [6, 6.07) is 12.2. The van der Waals surface area contributed by atoms with Crippen LogP contribution in [0.1, 0.15) is 16.8 Å². The Morgan fingerprint density at radius 2 is 2.00 bits per heavy atom. The number of pyridine rings is 1. The molecule has 0 saturated carbocycles. The van der Waals surface area contributed by atoms with E-state index in [9.17, 15) is 0 Å². The van der Waals surface area contributed by atoms with E-state index in [-0.39, 0.29) is 6.61 Å². The highest BCUT2D eigenvalue weighted by molar-refractivity contribution is 5.56. The zero-order chi connectivity index (χ0) is 13.7. The van der Waals surface area contributed by atoms with Gasteiger partial charge in [0.15, 0.2) is 0 Å². The molecular formula is C14H10N4O. The molecule has 0 amide bonds. The largest absolute Gasteiger partial charge is 0.487 e. The van der Waals surface area contributed by atoms with Gasteiger partial charge in [0.2, 0.25) is 0 Å². The number of nitrogen functional groups attached to an aromatic ring is 1. The molecule has 1 aromatic heterocycles. The van der Waals surface area contributed by atoms with Gasteiger partial charge in [0, 0.05) is 6.20 Å². The van der Waals surface area contributed by atoms with E-state index in [1.54, 1.807) is 36.5 Å². The lowest BCUT2D eigenvalue weighted by atomic mass is 10.2. The van der Waals surface area contributed by atoms with Gasteiger partial charge in [0.05, 0.1) is 17.3 Å². The van der Waals surface area contributed by atoms with Gasteiger partial charge in [0.1, 0.15) is 24.1 Å². The van der Waals surface area contributed by atoms with Crippen LogP contribution in [0.3, 0.4) is 0 Å². The number of ether oxygens (including phenoxy) is 1. The molecule has 19 heavy (non-hydrogen) atoms. The summed E-state index contributed by atoms with van der Waals surface area (Å²) in [5.41, 5.74) is 7.84. The molecule has 0 aliphatic carbocycles. The Morgan fingerprint density at radius 3 is 2.68 bits per heavy atom. The Kier molecular flexibility index (Phi) is 3.61. The average molecular weight is 250 g/mol. The van der Waals surface area contributed by atoms with Crippen molar-refractivity contribution in [2.75, 3.05) is 5.73 Å². The normalized spacial score (nSPS) is 9.37. The highest BCUT2D eigenvalue weighted by Crippen LogP contribution is 2.23. The van der Waals surface area contributed by atoms with Gasteiger partial charge in [-0.3, -0.25) is 0 Å². The summed E-state index contributed by atoms with van der Waals surface area (Å²) < 4.78 is 5.55. The zero-order valence-electron chi connectivity index (χ0n) is 10.00. The number of rotatable bonds is 3. The molecule has 2 N–H and O–H groups in total. The minimum atomic E-state index is 0.285. The van der Waals surface area contributed by atoms with Gasteiger partial charge in [-0.15, -0.1) is 0 Å². The van der Waals surface area contributed by atoms with Crippen molar-refractivity contribution in [1.29, 1.82) is 10.5 Å². The third kappa shape index (κ3) is 2.99. The minimum absolute atomic E-state index is 0.285. The SMILES string of the molecule is N#Cc1ccc(OCc2ccnc(C#N)c2)c(N)c1. The van der Waals surface area contributed by atoms with Crippen LogP contribution >= 0.6 is 0 Å². The maximum atomic E-state index is 8.75. The first-order valence-corrected chi connectivity index (χ1v) is 5.50. The summed E-state index contributed by atoms with van der Waals surface area (Å²) in [5, 5.41) is 17.5. The van der Waals surface area contributed by atoms with Crippen molar-refractivity contribution in [3.8, 4) is 17.9 Å². The van der Waals surface area contributed by atoms with Crippen molar-refractivity contribution in [1.82, 2.24) is 4.98 Å². The molecule has 0 unspecified atom stereocenters. The first kappa shape index (κ1) is 12.4. The number of nitrogens with two attached hydrogens (primary N) is 1. The van der Waals surface area contributed by atoms with Gasteiger partial charge in [-0.25, -0.2) is 4.98 Å². The smallest absolute Gasteiger partial charge is 0.142 e. The molecule has 0 saturated heterocycles. The number of anilines is 1. The van der Waals surface area contributed by atoms with Crippen LogP contribution < -0.4 is 10.5 Å². The van der Waals surface area contributed by atoms with E-state index in [1.165, 1.54) is 0 Å². The zero-order valence-corrected chi connectivity index (χ0v) is 10.00. The lowest BCUT2D eigenvalue weighted by Crippen LogP contribution is -2.00. The Hall–Kier alpha value is -3.05. The van der Waals surface area contributed by atoms with Crippen LogP contribution in [0.15, 0.2) is 36.5 Å². The Bertz CT molecular complexity index is 683. The molecule has 0 aliphatic rings. The van der Waals surface area contributed by atoms with Gasteiger partial charge in [0.25, 0.3) is 0 Å². The Balaban J connectivity index is 2.11. The number of hydrogen-bond acceptors (Lipinski definition) is 5. The Labute approximate surface area is 110 Å². The molecule has 0 bridgehead atoms. The van der Waals surface area contributed by atoms with Gasteiger partial charge < -0.3 is 10.5 Å². The maximum absolute atomic E-state index is 8.75. The van der Waals surface area contributed by atoms with E-state index in [4.69, 9.17) is 21.0 Å². The van der Waals surface area contributed by atoms with E-state index in [2.05, 4.69) is 4.98 Å². The minimum Gasteiger partial charge on any atom is -0.487 e. The molecule has 0 spiro atoms. The Morgan fingerprint density at radius 1 is 1.16 bits per heavy atom. The second kappa shape index (κ2) is 5.52. The molecule has 2 rings (SSSR count). The molecule has 1 aromatic carbocycles. The molecular weight excluding hydrogens is 240 g/mol. The summed E-state index contributed by atoms with van der Waals surface area (Å²) in [6.07, 6.45) is 1.55. The topological polar surface area (TPSA) is 95.7 Å². The summed E-state index contributed by atoms with van der Waals surface area (Å²) in [5.74, 6) is 0.509. The molecule has 0 atom stereocenters. The molecule has 1 heterocycles. The van der Waals surface area contributed by atoms with Crippen LogP contribution in [0.25, 0.3) is 0 Å². The fraction of sp³-hybridized carbons (Fsp3) is 0.0714. The second-order valence-electron chi connectivity index (χ2n) is 3.81. The van der Waals surface area contributed by atoms with Gasteiger partial charge >= 0.3 is 0 Å². The molecule has 0 aliphatic heterocycles. The number of hydrogen-bond donors (Lipinski definition) is 1. The van der Waals surface area contributed by atoms with Crippen molar-refractivity contribution in [3.63, 3.8) is 0 Å². The number of nitrogens with zero attached hydrogens (tertiary/aromatic N) is 3. The average Bonchev–Trinajstić information content (AvgIpc) is 2.46. The van der Waals surface area contributed by atoms with Crippen LogP contribution in [-0.4, -0.2) is 4.98 Å². The van der Waals surface area contributed by atoms with Crippen molar-refractivity contribution in [2.24, 2.45) is 0 Å². The van der Waals surface area contributed by atoms with E-state index in [1.807, 2.05) is 12.1 Å². The quantitative estimate of drug-likeness (QED) is 0.840. The summed E-state index contributed by atoms with van der Waals surface area (Å²) in [6.45, 7) is 0.285. The van der Waals surface area contributed by atoms with Crippen molar-refractivity contribution >= 4 is 5.69 Å². The van der Waals surface area contributed by atoms with Gasteiger partial charge in [-0.1, -0.05) is 0 Å². The third-order valence-corrected chi connectivity index (χ3v) is 2.47. The fourth-order valence-corrected chi connectivity index (χ4v) is 1.54. The first-order valence-electron chi connectivity index (χ1n) is 5.50. The second-order valence-corrected chi connectivity index (χ2v) is 3.81. The van der Waals surface area contributed by atoms with E-state index in [0.29, 0.717) is 22.7 Å². The molecule has 2 aromatic rings. The number of aromatic nitrogens is 1. The maximum Gasteiger partial charge on any atom is 0.142 e. The summed E-state index contributed by atoms with van der Waals surface area (Å²) >= 11 is 0. The molecule has 92 valence electrons. The van der Waals surface area contributed by atoms with Crippen molar-refractivity contribution < 1.29 is 4.74 Å². The molecule has 0 radical (unpaired) electrons. The van der Waals surface area contributed by atoms with E-state index < -0.39 is 0 Å². The van der Waals surface area contributed by atoms with Crippen molar-refractivity contribution in [3.05, 3.63) is 53.3 Å². The fourth-order valence-electron chi connectivity index (χ4n) is 1.54. The van der Waals surface area contributed by atoms with Crippen LogP contribution in [0.5, 0.6) is 5.75 Å². The lowest BCUT2D eigenvalue weighted by Gasteiger charge is -2.09. The van der Waals surface area contributed by atoms with Crippen LogP contribution in [-0.2, 0) is 6.61 Å². The van der Waals surface area contributed by atoms with Crippen LogP contribution in [0, 0.1) is 22.7 Å². The molecule has 5 heteroatoms. The van der Waals surface area contributed by atoms with Crippen LogP contribution in [0.4, 0.5) is 5.69 Å². The predicted octanol–water partition coefficient (Wildman–Crippen LogP) is 1.99. The van der Waals surface area contributed by atoms with Gasteiger partial charge in [-0.05, 0) is 35.9 Å². The lowest BCUT2D eigenvalue weighted by molar-refractivity contribution is 0.308. The highest BCUT2D eigenvalue weighted by atomic mass is 16.5. The monoisotopic (exact) mass is 250 g/mol.